The molecule has 0 bridgehead atoms. The normalized spacial score (nSPS) is 11.9. The summed E-state index contributed by atoms with van der Waals surface area (Å²) < 4.78 is 4.89. The van der Waals surface area contributed by atoms with E-state index in [1.54, 1.807) is 0 Å². The molecule has 0 unspecified atom stereocenters. The first-order valence-electron chi connectivity index (χ1n) is 21.7. The molecule has 10 rings (SSSR count). The number of fused-ring (bicyclic) bond motifs is 6. The summed E-state index contributed by atoms with van der Waals surface area (Å²) in [5.74, 6) is 1.57. The van der Waals surface area contributed by atoms with Crippen LogP contribution in [0.1, 0.15) is 45.7 Å². The van der Waals surface area contributed by atoms with Crippen molar-refractivity contribution in [2.75, 3.05) is 0 Å². The van der Waals surface area contributed by atoms with Crippen molar-refractivity contribution in [3.63, 3.8) is 0 Å². The van der Waals surface area contributed by atoms with E-state index in [9.17, 15) is 0 Å². The molecule has 0 amide bonds. The molecule has 3 nitrogen and oxygen atoms in total. The molecule has 0 atom stereocenters. The monoisotopic (exact) mass is 1030 g/mol. The molecule has 0 saturated heterocycles. The molecule has 7 aromatic carbocycles. The van der Waals surface area contributed by atoms with Gasteiger partial charge in [0, 0.05) is 47.6 Å². The van der Waals surface area contributed by atoms with E-state index in [1.807, 2.05) is 29.5 Å². The molecule has 1 radical (unpaired) electrons. The van der Waals surface area contributed by atoms with Crippen molar-refractivity contribution in [3.05, 3.63) is 181 Å². The summed E-state index contributed by atoms with van der Waals surface area (Å²) in [6, 6.07) is 60.9. The number of aromatic nitrogens is 3. The standard InChI is InChI=1S/C39H29N2S.C18H24NSi.Ir/c1-39(2,3)28-19-21-33(31(24-28)25-11-5-4-6-12-25)41-34-20-17-26-13-7-8-14-29(26)37(34)40-38(41)27-18-22-36-32(23-27)30-15-9-10-16-35(30)42-36;1-14(2)11-16-12-17(15-9-7-6-8-10-15)19-13-18(16)20(3,4)5;/h4-17,19-24H,1-3H3;6-9,12-14H,11H2,1-5H3;/q2*-1;. The number of pyridine rings is 1. The third-order valence-electron chi connectivity index (χ3n) is 11.7. The Hall–Kier alpha value is -5.49. The molecule has 0 aliphatic carbocycles. The Morgan fingerprint density at radius 2 is 1.43 bits per heavy atom. The van der Waals surface area contributed by atoms with Gasteiger partial charge in [-0.05, 0) is 79.5 Å². The Morgan fingerprint density at radius 1 is 0.698 bits per heavy atom. The predicted octanol–water partition coefficient (Wildman–Crippen LogP) is 15.3. The van der Waals surface area contributed by atoms with Gasteiger partial charge in [0.05, 0.1) is 24.9 Å². The average Bonchev–Trinajstić information content (AvgIpc) is 3.85. The van der Waals surface area contributed by atoms with Gasteiger partial charge >= 0.3 is 0 Å². The Balaban J connectivity index is 0.000000219. The molecule has 0 aliphatic heterocycles. The van der Waals surface area contributed by atoms with E-state index in [4.69, 9.17) is 4.98 Å². The topological polar surface area (TPSA) is 30.7 Å². The fraction of sp³-hybridized carbons (Fsp3) is 0.193. The fourth-order valence-corrected chi connectivity index (χ4v) is 11.2. The van der Waals surface area contributed by atoms with E-state index in [-0.39, 0.29) is 25.5 Å². The van der Waals surface area contributed by atoms with Crippen LogP contribution in [0.4, 0.5) is 0 Å². The Kier molecular flexibility index (Phi) is 12.6. The van der Waals surface area contributed by atoms with E-state index in [2.05, 4.69) is 216 Å². The summed E-state index contributed by atoms with van der Waals surface area (Å²) in [6.45, 7) is 18.6. The van der Waals surface area contributed by atoms with Crippen LogP contribution < -0.4 is 5.19 Å². The van der Waals surface area contributed by atoms with Crippen LogP contribution in [0.5, 0.6) is 0 Å². The largest absolute Gasteiger partial charge is 0.333 e. The predicted molar refractivity (Wildman–Crippen MR) is 270 cm³/mol. The van der Waals surface area contributed by atoms with Gasteiger partial charge in [-0.3, -0.25) is 4.98 Å². The van der Waals surface area contributed by atoms with Gasteiger partial charge < -0.3 is 9.55 Å². The first-order valence-corrected chi connectivity index (χ1v) is 26.1. The first-order chi connectivity index (χ1) is 29.8. The van der Waals surface area contributed by atoms with Gasteiger partial charge in [-0.15, -0.1) is 59.7 Å². The first kappa shape index (κ1) is 44.1. The number of nitrogens with zero attached hydrogens (tertiary/aromatic N) is 3. The van der Waals surface area contributed by atoms with Crippen LogP contribution in [-0.4, -0.2) is 22.6 Å². The molecule has 63 heavy (non-hydrogen) atoms. The molecule has 0 aliphatic rings. The second-order valence-corrected chi connectivity index (χ2v) is 25.0. The zero-order valence-corrected chi connectivity index (χ0v) is 41.6. The maximum Gasteiger partial charge on any atom is 0.0852 e. The van der Waals surface area contributed by atoms with Crippen molar-refractivity contribution >= 4 is 66.6 Å². The maximum absolute atomic E-state index is 5.40. The van der Waals surface area contributed by atoms with Gasteiger partial charge in [-0.1, -0.05) is 156 Å². The molecule has 317 valence electrons. The van der Waals surface area contributed by atoms with Gasteiger partial charge in [0.25, 0.3) is 0 Å². The fourth-order valence-electron chi connectivity index (χ4n) is 8.56. The van der Waals surface area contributed by atoms with Crippen LogP contribution in [-0.2, 0) is 31.9 Å². The van der Waals surface area contributed by atoms with Crippen LogP contribution in [0.2, 0.25) is 19.6 Å². The van der Waals surface area contributed by atoms with Gasteiger partial charge in [0.1, 0.15) is 0 Å². The summed E-state index contributed by atoms with van der Waals surface area (Å²) in [5.41, 5.74) is 11.5. The third-order valence-corrected chi connectivity index (χ3v) is 14.9. The Labute approximate surface area is 391 Å². The van der Waals surface area contributed by atoms with E-state index in [0.717, 1.165) is 51.2 Å². The number of benzene rings is 7. The number of imidazole rings is 1. The molecular weight excluding hydrogens is 979 g/mol. The van der Waals surface area contributed by atoms with Crippen molar-refractivity contribution in [3.8, 4) is 39.5 Å². The smallest absolute Gasteiger partial charge is 0.0852 e. The number of thiophene rings is 1. The van der Waals surface area contributed by atoms with Crippen molar-refractivity contribution < 1.29 is 20.1 Å². The van der Waals surface area contributed by atoms with Crippen molar-refractivity contribution in [2.24, 2.45) is 5.92 Å². The van der Waals surface area contributed by atoms with Crippen molar-refractivity contribution in [1.29, 1.82) is 0 Å². The minimum atomic E-state index is -1.34. The molecular formula is C57H53IrN3SSi-2. The zero-order chi connectivity index (χ0) is 43.2. The third kappa shape index (κ3) is 9.01. The van der Waals surface area contributed by atoms with Crippen molar-refractivity contribution in [2.45, 2.75) is 66.1 Å². The second-order valence-electron chi connectivity index (χ2n) is 18.8. The van der Waals surface area contributed by atoms with E-state index >= 15 is 0 Å². The van der Waals surface area contributed by atoms with E-state index in [1.165, 1.54) is 53.0 Å². The minimum Gasteiger partial charge on any atom is -0.333 e. The zero-order valence-electron chi connectivity index (χ0n) is 37.4. The molecule has 0 N–H and O–H groups in total. The maximum atomic E-state index is 5.40. The molecule has 10 aromatic rings. The van der Waals surface area contributed by atoms with Gasteiger partial charge in [0.15, 0.2) is 0 Å². The van der Waals surface area contributed by atoms with Crippen LogP contribution in [0, 0.1) is 18.1 Å². The van der Waals surface area contributed by atoms with Crippen LogP contribution >= 0.6 is 11.3 Å². The van der Waals surface area contributed by atoms with Gasteiger partial charge in [-0.25, -0.2) is 0 Å². The number of hydrogen-bond donors (Lipinski definition) is 0. The second kappa shape index (κ2) is 17.9. The summed E-state index contributed by atoms with van der Waals surface area (Å²) in [4.78, 5) is 10.1. The van der Waals surface area contributed by atoms with Crippen LogP contribution in [0.15, 0.2) is 158 Å². The van der Waals surface area contributed by atoms with E-state index in [0.29, 0.717) is 5.92 Å². The minimum absolute atomic E-state index is 0. The summed E-state index contributed by atoms with van der Waals surface area (Å²) in [7, 11) is -1.34. The summed E-state index contributed by atoms with van der Waals surface area (Å²) in [6.07, 6.45) is 3.24. The number of rotatable bonds is 7. The SMILES string of the molecule is CC(C)(C)c1ccc(-n2c(-c3[c-]cc4sc5ccccc5c4c3)nc3c4ccccc4ccc32)c(-c2ccccc2)c1.CC(C)Cc1cc(-c2[c-]cccc2)ncc1[Si](C)(C)C.[Ir]. The molecule has 3 aromatic heterocycles. The van der Waals surface area contributed by atoms with Crippen LogP contribution in [0.3, 0.4) is 0 Å². The summed E-state index contributed by atoms with van der Waals surface area (Å²) in [5, 5.41) is 6.37. The molecule has 0 spiro atoms. The van der Waals surface area contributed by atoms with Gasteiger partial charge in [0.2, 0.25) is 0 Å². The quantitative estimate of drug-likeness (QED) is 0.118. The van der Waals surface area contributed by atoms with Crippen molar-refractivity contribution in [1.82, 2.24) is 14.5 Å². The number of hydrogen-bond acceptors (Lipinski definition) is 3. The molecule has 0 saturated carbocycles. The molecule has 0 fully saturated rings. The van der Waals surface area contributed by atoms with Crippen LogP contribution in [0.25, 0.3) is 81.4 Å². The Bertz CT molecular complexity index is 3210. The molecule has 6 heteroatoms. The Morgan fingerprint density at radius 3 is 2.16 bits per heavy atom. The molecule has 3 heterocycles. The average molecular weight is 1030 g/mol. The summed E-state index contributed by atoms with van der Waals surface area (Å²) >= 11 is 1.82. The van der Waals surface area contributed by atoms with Gasteiger partial charge in [-0.2, -0.15) is 11.3 Å². The van der Waals surface area contributed by atoms with E-state index < -0.39 is 8.07 Å².